The average Bonchev–Trinajstić information content (AvgIpc) is 3.27. The summed E-state index contributed by atoms with van der Waals surface area (Å²) in [6.07, 6.45) is -3.35. The second-order valence-electron chi connectivity index (χ2n) is 6.96. The molecule has 1 aliphatic rings. The van der Waals surface area contributed by atoms with Crippen LogP contribution < -0.4 is 10.1 Å². The Morgan fingerprint density at radius 3 is 2.42 bits per heavy atom. The summed E-state index contributed by atoms with van der Waals surface area (Å²) >= 11 is 0. The Morgan fingerprint density at radius 1 is 1.13 bits per heavy atom. The fraction of sp³-hybridized carbons (Fsp3) is 0.350. The van der Waals surface area contributed by atoms with Crippen LogP contribution in [0.5, 0.6) is 5.75 Å². The highest BCUT2D eigenvalue weighted by atomic mass is 32.2. The maximum atomic E-state index is 13.2. The van der Waals surface area contributed by atoms with E-state index in [1.54, 1.807) is 0 Å². The van der Waals surface area contributed by atoms with Crippen LogP contribution in [-0.4, -0.2) is 38.8 Å². The zero-order chi connectivity index (χ0) is 22.8. The second-order valence-corrected chi connectivity index (χ2v) is 8.87. The number of alkyl halides is 3. The average molecular weight is 460 g/mol. The van der Waals surface area contributed by atoms with Crippen LogP contribution >= 0.6 is 0 Å². The molecule has 0 atom stereocenters. The molecule has 1 heterocycles. The minimum atomic E-state index is -4.79. The molecule has 0 radical (unpaired) electrons. The summed E-state index contributed by atoms with van der Waals surface area (Å²) in [4.78, 5) is 12.3. The summed E-state index contributed by atoms with van der Waals surface area (Å²) in [5.74, 6) is -1.77. The molecule has 3 rings (SSSR count). The van der Waals surface area contributed by atoms with Gasteiger partial charge in [-0.3, -0.25) is 4.79 Å². The first kappa shape index (κ1) is 23.0. The van der Waals surface area contributed by atoms with Gasteiger partial charge in [0.25, 0.3) is 5.91 Å². The van der Waals surface area contributed by atoms with Crippen molar-refractivity contribution in [1.82, 2.24) is 9.62 Å². The van der Waals surface area contributed by atoms with Crippen LogP contribution in [0.1, 0.15) is 34.3 Å². The van der Waals surface area contributed by atoms with E-state index in [0.29, 0.717) is 19.2 Å². The third-order valence-electron chi connectivity index (χ3n) is 4.93. The first-order chi connectivity index (χ1) is 14.5. The fourth-order valence-corrected chi connectivity index (χ4v) is 5.03. The lowest BCUT2D eigenvalue weighted by molar-refractivity contribution is -0.138. The number of rotatable bonds is 6. The molecule has 11 heteroatoms. The summed E-state index contributed by atoms with van der Waals surface area (Å²) in [7, 11) is -2.60. The molecule has 2 aromatic carbocycles. The van der Waals surface area contributed by atoms with Gasteiger partial charge in [-0.2, -0.15) is 17.5 Å². The lowest BCUT2D eigenvalue weighted by atomic mass is 10.1. The number of halogens is 4. The van der Waals surface area contributed by atoms with Gasteiger partial charge in [-0.25, -0.2) is 12.8 Å². The minimum Gasteiger partial charge on any atom is -0.495 e. The van der Waals surface area contributed by atoms with Crippen molar-refractivity contribution in [1.29, 1.82) is 0 Å². The van der Waals surface area contributed by atoms with Crippen LogP contribution in [0, 0.1) is 5.82 Å². The van der Waals surface area contributed by atoms with Gasteiger partial charge in [-0.15, -0.1) is 0 Å². The van der Waals surface area contributed by atoms with Crippen molar-refractivity contribution in [3.8, 4) is 5.75 Å². The van der Waals surface area contributed by atoms with Crippen molar-refractivity contribution in [2.75, 3.05) is 20.2 Å². The largest absolute Gasteiger partial charge is 0.495 e. The molecule has 0 aromatic heterocycles. The molecule has 0 spiro atoms. The Labute approximate surface area is 176 Å². The van der Waals surface area contributed by atoms with Gasteiger partial charge in [-0.05, 0) is 48.7 Å². The monoisotopic (exact) mass is 460 g/mol. The Kier molecular flexibility index (Phi) is 6.56. The SMILES string of the molecule is COc1ccc(C(=O)NCc2ccc(F)cc2C(F)(F)F)cc1S(=O)(=O)N1CCCC1. The van der Waals surface area contributed by atoms with E-state index in [1.807, 2.05) is 0 Å². The van der Waals surface area contributed by atoms with Crippen molar-refractivity contribution in [3.05, 3.63) is 58.9 Å². The minimum absolute atomic E-state index is 0.0568. The molecular weight excluding hydrogens is 440 g/mol. The maximum absolute atomic E-state index is 13.2. The number of methoxy groups -OCH3 is 1. The fourth-order valence-electron chi connectivity index (χ4n) is 3.33. The summed E-state index contributed by atoms with van der Waals surface area (Å²) in [6.45, 7) is 0.188. The van der Waals surface area contributed by atoms with Crippen LogP contribution in [0.3, 0.4) is 0 Å². The van der Waals surface area contributed by atoms with Gasteiger partial charge < -0.3 is 10.1 Å². The Bertz CT molecular complexity index is 1080. The van der Waals surface area contributed by atoms with Crippen LogP contribution in [0.2, 0.25) is 0 Å². The second kappa shape index (κ2) is 8.83. The Hall–Kier alpha value is -2.66. The molecule has 1 N–H and O–H groups in total. The zero-order valence-corrected chi connectivity index (χ0v) is 17.3. The van der Waals surface area contributed by atoms with E-state index in [1.165, 1.54) is 23.5 Å². The normalized spacial score (nSPS) is 15.1. The van der Waals surface area contributed by atoms with E-state index in [9.17, 15) is 30.8 Å². The van der Waals surface area contributed by atoms with Crippen LogP contribution in [-0.2, 0) is 22.7 Å². The highest BCUT2D eigenvalue weighted by molar-refractivity contribution is 7.89. The van der Waals surface area contributed by atoms with Crippen LogP contribution in [0.15, 0.2) is 41.3 Å². The van der Waals surface area contributed by atoms with E-state index in [-0.39, 0.29) is 21.8 Å². The number of benzene rings is 2. The molecule has 2 aromatic rings. The standard InChI is InChI=1S/C20H20F4N2O4S/c1-30-17-7-5-13(10-18(17)31(28,29)26-8-2-3-9-26)19(27)25-12-14-4-6-15(21)11-16(14)20(22,23)24/h4-7,10-11H,2-3,8-9,12H2,1H3,(H,25,27). The number of nitrogens with one attached hydrogen (secondary N) is 1. The molecule has 1 fully saturated rings. The third kappa shape index (κ3) is 4.99. The van der Waals surface area contributed by atoms with Crippen molar-refractivity contribution in [2.24, 2.45) is 0 Å². The van der Waals surface area contributed by atoms with Gasteiger partial charge in [0, 0.05) is 25.2 Å². The molecule has 1 saturated heterocycles. The number of sulfonamides is 1. The molecule has 0 unspecified atom stereocenters. The number of carbonyl (C=O) groups excluding carboxylic acids is 1. The lowest BCUT2D eigenvalue weighted by Gasteiger charge is -2.18. The topological polar surface area (TPSA) is 75.7 Å². The molecule has 1 aliphatic heterocycles. The highest BCUT2D eigenvalue weighted by Crippen LogP contribution is 2.33. The number of hydrogen-bond donors (Lipinski definition) is 1. The van der Waals surface area contributed by atoms with E-state index < -0.39 is 40.0 Å². The first-order valence-electron chi connectivity index (χ1n) is 9.36. The molecule has 0 saturated carbocycles. The van der Waals surface area contributed by atoms with Crippen molar-refractivity contribution >= 4 is 15.9 Å². The maximum Gasteiger partial charge on any atom is 0.416 e. The predicted octanol–water partition coefficient (Wildman–Crippen LogP) is 3.57. The number of amides is 1. The van der Waals surface area contributed by atoms with Gasteiger partial charge in [-0.1, -0.05) is 6.07 Å². The first-order valence-corrected chi connectivity index (χ1v) is 10.8. The molecular formula is C20H20F4N2O4S. The summed E-state index contributed by atoms with van der Waals surface area (Å²) in [5, 5.41) is 2.32. The smallest absolute Gasteiger partial charge is 0.416 e. The van der Waals surface area contributed by atoms with E-state index in [0.717, 1.165) is 31.0 Å². The molecule has 168 valence electrons. The van der Waals surface area contributed by atoms with E-state index in [4.69, 9.17) is 4.74 Å². The van der Waals surface area contributed by atoms with Crippen LogP contribution in [0.4, 0.5) is 17.6 Å². The molecule has 0 bridgehead atoms. The van der Waals surface area contributed by atoms with Gasteiger partial charge in [0.05, 0.1) is 12.7 Å². The summed E-state index contributed by atoms with van der Waals surface area (Å²) in [5.41, 5.74) is -1.57. The summed E-state index contributed by atoms with van der Waals surface area (Å²) < 4.78 is 84.8. The Balaban J connectivity index is 1.85. The molecule has 6 nitrogen and oxygen atoms in total. The van der Waals surface area contributed by atoms with Crippen molar-refractivity contribution in [2.45, 2.75) is 30.5 Å². The van der Waals surface area contributed by atoms with Crippen LogP contribution in [0.25, 0.3) is 0 Å². The number of ether oxygens (including phenoxy) is 1. The lowest BCUT2D eigenvalue weighted by Crippen LogP contribution is -2.29. The predicted molar refractivity (Wildman–Crippen MR) is 104 cm³/mol. The summed E-state index contributed by atoms with van der Waals surface area (Å²) in [6, 6.07) is 5.93. The number of carbonyl (C=O) groups is 1. The Morgan fingerprint density at radius 2 is 1.81 bits per heavy atom. The van der Waals surface area contributed by atoms with E-state index >= 15 is 0 Å². The number of hydrogen-bond acceptors (Lipinski definition) is 4. The van der Waals surface area contributed by atoms with Gasteiger partial charge in [0.15, 0.2) is 0 Å². The zero-order valence-electron chi connectivity index (χ0n) is 16.5. The quantitative estimate of drug-likeness (QED) is 0.669. The van der Waals surface area contributed by atoms with E-state index in [2.05, 4.69) is 5.32 Å². The van der Waals surface area contributed by atoms with Gasteiger partial charge in [0.2, 0.25) is 10.0 Å². The molecule has 31 heavy (non-hydrogen) atoms. The number of nitrogens with zero attached hydrogens (tertiary/aromatic N) is 1. The van der Waals surface area contributed by atoms with Gasteiger partial charge in [0.1, 0.15) is 16.5 Å². The third-order valence-corrected chi connectivity index (χ3v) is 6.85. The van der Waals surface area contributed by atoms with Crippen molar-refractivity contribution < 1.29 is 35.5 Å². The molecule has 1 amide bonds. The van der Waals surface area contributed by atoms with Gasteiger partial charge >= 0.3 is 6.18 Å². The van der Waals surface area contributed by atoms with Crippen molar-refractivity contribution in [3.63, 3.8) is 0 Å². The highest BCUT2D eigenvalue weighted by Gasteiger charge is 2.34. The molecule has 0 aliphatic carbocycles.